The Kier molecular flexibility index (Phi) is 4.58. The van der Waals surface area contributed by atoms with Crippen LogP contribution < -0.4 is 0 Å². The SMILES string of the molecule is C[C@@H]1CCC[C@@H](C)N1C(=O)COC(=O)c1cccs1. The van der Waals surface area contributed by atoms with Crippen LogP contribution in [0.3, 0.4) is 0 Å². The van der Waals surface area contributed by atoms with Gasteiger partial charge in [0.05, 0.1) is 0 Å². The van der Waals surface area contributed by atoms with Gasteiger partial charge in [0.1, 0.15) is 4.88 Å². The van der Waals surface area contributed by atoms with Crippen LogP contribution in [0.1, 0.15) is 42.8 Å². The average molecular weight is 281 g/mol. The van der Waals surface area contributed by atoms with Crippen molar-refractivity contribution >= 4 is 23.2 Å². The predicted octanol–water partition coefficient (Wildman–Crippen LogP) is 2.69. The molecule has 1 aliphatic rings. The normalized spacial score (nSPS) is 23.2. The topological polar surface area (TPSA) is 46.6 Å². The molecule has 5 heteroatoms. The highest BCUT2D eigenvalue weighted by Crippen LogP contribution is 2.22. The molecule has 19 heavy (non-hydrogen) atoms. The molecule has 1 aromatic rings. The third kappa shape index (κ3) is 3.35. The van der Waals surface area contributed by atoms with E-state index in [4.69, 9.17) is 4.74 Å². The van der Waals surface area contributed by atoms with Crippen molar-refractivity contribution in [2.45, 2.75) is 45.2 Å². The molecule has 2 rings (SSSR count). The molecule has 0 unspecified atom stereocenters. The molecule has 4 nitrogen and oxygen atoms in total. The molecule has 1 saturated heterocycles. The first-order valence-corrected chi connectivity index (χ1v) is 7.49. The number of rotatable bonds is 3. The highest BCUT2D eigenvalue weighted by molar-refractivity contribution is 7.11. The van der Waals surface area contributed by atoms with Gasteiger partial charge in [-0.3, -0.25) is 4.79 Å². The van der Waals surface area contributed by atoms with Gasteiger partial charge in [0.15, 0.2) is 6.61 Å². The molecule has 0 radical (unpaired) electrons. The predicted molar refractivity (Wildman–Crippen MR) is 74.2 cm³/mol. The van der Waals surface area contributed by atoms with Crippen LogP contribution in [-0.4, -0.2) is 35.5 Å². The van der Waals surface area contributed by atoms with E-state index in [0.717, 1.165) is 19.3 Å². The maximum absolute atomic E-state index is 12.1. The second-order valence-corrected chi connectivity index (χ2v) is 5.93. The van der Waals surface area contributed by atoms with E-state index in [1.165, 1.54) is 11.3 Å². The Morgan fingerprint density at radius 1 is 1.37 bits per heavy atom. The number of hydrogen-bond acceptors (Lipinski definition) is 4. The first-order chi connectivity index (χ1) is 9.09. The summed E-state index contributed by atoms with van der Waals surface area (Å²) in [6.45, 7) is 3.94. The average Bonchev–Trinajstić information content (AvgIpc) is 2.89. The van der Waals surface area contributed by atoms with E-state index in [2.05, 4.69) is 13.8 Å². The number of esters is 1. The molecule has 0 spiro atoms. The van der Waals surface area contributed by atoms with Gasteiger partial charge in [-0.1, -0.05) is 6.07 Å². The maximum atomic E-state index is 12.1. The fourth-order valence-corrected chi connectivity index (χ4v) is 3.20. The summed E-state index contributed by atoms with van der Waals surface area (Å²) in [5.41, 5.74) is 0. The summed E-state index contributed by atoms with van der Waals surface area (Å²) in [5, 5.41) is 1.81. The third-order valence-corrected chi connectivity index (χ3v) is 4.38. The summed E-state index contributed by atoms with van der Waals surface area (Å²) in [5.74, 6) is -0.509. The molecular formula is C14H19NO3S. The lowest BCUT2D eigenvalue weighted by Crippen LogP contribution is -2.49. The Labute approximate surface area is 117 Å². The number of ether oxygens (including phenoxy) is 1. The van der Waals surface area contributed by atoms with Gasteiger partial charge in [-0.15, -0.1) is 11.3 Å². The summed E-state index contributed by atoms with van der Waals surface area (Å²) in [4.78, 5) is 26.2. The number of likely N-dealkylation sites (tertiary alicyclic amines) is 1. The van der Waals surface area contributed by atoms with Crippen molar-refractivity contribution in [3.05, 3.63) is 22.4 Å². The molecule has 2 heterocycles. The van der Waals surface area contributed by atoms with E-state index >= 15 is 0 Å². The lowest BCUT2D eigenvalue weighted by atomic mass is 9.97. The van der Waals surface area contributed by atoms with Gasteiger partial charge in [-0.2, -0.15) is 0 Å². The first kappa shape index (κ1) is 14.1. The first-order valence-electron chi connectivity index (χ1n) is 6.61. The summed E-state index contributed by atoms with van der Waals surface area (Å²) in [7, 11) is 0. The van der Waals surface area contributed by atoms with Crippen molar-refractivity contribution in [3.63, 3.8) is 0 Å². The second-order valence-electron chi connectivity index (χ2n) is 4.98. The highest BCUT2D eigenvalue weighted by atomic mass is 32.1. The monoisotopic (exact) mass is 281 g/mol. The zero-order chi connectivity index (χ0) is 13.8. The van der Waals surface area contributed by atoms with Crippen molar-refractivity contribution in [2.24, 2.45) is 0 Å². The number of thiophene rings is 1. The van der Waals surface area contributed by atoms with E-state index in [1.807, 2.05) is 10.3 Å². The van der Waals surface area contributed by atoms with E-state index < -0.39 is 5.97 Å². The molecule has 1 aliphatic heterocycles. The quantitative estimate of drug-likeness (QED) is 0.800. The van der Waals surface area contributed by atoms with Crippen molar-refractivity contribution in [2.75, 3.05) is 6.61 Å². The van der Waals surface area contributed by atoms with E-state index in [9.17, 15) is 9.59 Å². The van der Waals surface area contributed by atoms with Crippen LogP contribution in [0.2, 0.25) is 0 Å². The Hall–Kier alpha value is -1.36. The van der Waals surface area contributed by atoms with Crippen LogP contribution >= 0.6 is 11.3 Å². The van der Waals surface area contributed by atoms with Gasteiger partial charge in [0.25, 0.3) is 5.91 Å². The Bertz CT molecular complexity index is 434. The molecule has 1 aromatic heterocycles. The lowest BCUT2D eigenvalue weighted by molar-refractivity contribution is -0.140. The minimum Gasteiger partial charge on any atom is -0.451 e. The minimum absolute atomic E-state index is 0.0930. The zero-order valence-electron chi connectivity index (χ0n) is 11.3. The van der Waals surface area contributed by atoms with Crippen LogP contribution in [0.25, 0.3) is 0 Å². The molecule has 0 saturated carbocycles. The zero-order valence-corrected chi connectivity index (χ0v) is 12.1. The number of nitrogens with zero attached hydrogens (tertiary/aromatic N) is 1. The molecule has 0 aromatic carbocycles. The van der Waals surface area contributed by atoms with Crippen LogP contribution in [0.5, 0.6) is 0 Å². The smallest absolute Gasteiger partial charge is 0.348 e. The molecule has 104 valence electrons. The molecular weight excluding hydrogens is 262 g/mol. The maximum Gasteiger partial charge on any atom is 0.348 e. The Morgan fingerprint density at radius 2 is 2.05 bits per heavy atom. The molecule has 0 bridgehead atoms. The van der Waals surface area contributed by atoms with Gasteiger partial charge in [0, 0.05) is 12.1 Å². The van der Waals surface area contributed by atoms with Crippen molar-refractivity contribution in [3.8, 4) is 0 Å². The Balaban J connectivity index is 1.88. The molecule has 2 atom stereocenters. The molecule has 1 fully saturated rings. The highest BCUT2D eigenvalue weighted by Gasteiger charge is 2.29. The number of hydrogen-bond donors (Lipinski definition) is 0. The molecule has 0 aliphatic carbocycles. The van der Waals surface area contributed by atoms with Crippen LogP contribution in [0.4, 0.5) is 0 Å². The van der Waals surface area contributed by atoms with Gasteiger partial charge in [-0.25, -0.2) is 4.79 Å². The largest absolute Gasteiger partial charge is 0.451 e. The van der Waals surface area contributed by atoms with Crippen molar-refractivity contribution in [1.29, 1.82) is 0 Å². The lowest BCUT2D eigenvalue weighted by Gasteiger charge is -2.38. The minimum atomic E-state index is -0.416. The Morgan fingerprint density at radius 3 is 2.63 bits per heavy atom. The fourth-order valence-electron chi connectivity index (χ4n) is 2.58. The van der Waals surface area contributed by atoms with Crippen molar-refractivity contribution in [1.82, 2.24) is 4.90 Å². The van der Waals surface area contributed by atoms with Gasteiger partial charge < -0.3 is 9.64 Å². The number of piperidine rings is 1. The summed E-state index contributed by atoms with van der Waals surface area (Å²) >= 11 is 1.32. The number of amides is 1. The van der Waals surface area contributed by atoms with Crippen molar-refractivity contribution < 1.29 is 14.3 Å². The van der Waals surface area contributed by atoms with E-state index in [0.29, 0.717) is 4.88 Å². The molecule has 0 N–H and O–H groups in total. The summed E-state index contributed by atoms with van der Waals surface area (Å²) < 4.78 is 5.08. The fraction of sp³-hybridized carbons (Fsp3) is 0.571. The van der Waals surface area contributed by atoms with Gasteiger partial charge in [-0.05, 0) is 44.6 Å². The van der Waals surface area contributed by atoms with Gasteiger partial charge in [0.2, 0.25) is 0 Å². The van der Waals surface area contributed by atoms with E-state index in [1.54, 1.807) is 12.1 Å². The standard InChI is InChI=1S/C14H19NO3S/c1-10-5-3-6-11(2)15(10)13(16)9-18-14(17)12-7-4-8-19-12/h4,7-8,10-11H,3,5-6,9H2,1-2H3/t10-,11-/m1/s1. The van der Waals surface area contributed by atoms with Crippen LogP contribution in [0, 0.1) is 0 Å². The van der Waals surface area contributed by atoms with Crippen LogP contribution in [-0.2, 0) is 9.53 Å². The van der Waals surface area contributed by atoms with Gasteiger partial charge >= 0.3 is 5.97 Å². The van der Waals surface area contributed by atoms with E-state index in [-0.39, 0.29) is 24.6 Å². The molecule has 1 amide bonds. The number of carbonyl (C=O) groups is 2. The second kappa shape index (κ2) is 6.19. The third-order valence-electron chi connectivity index (χ3n) is 3.53. The summed E-state index contributed by atoms with van der Waals surface area (Å²) in [6.07, 6.45) is 3.20. The summed E-state index contributed by atoms with van der Waals surface area (Å²) in [6, 6.07) is 3.95. The van der Waals surface area contributed by atoms with Crippen LogP contribution in [0.15, 0.2) is 17.5 Å². The number of carbonyl (C=O) groups excluding carboxylic acids is 2.